The summed E-state index contributed by atoms with van der Waals surface area (Å²) in [4.78, 5) is 0. The number of hydrogen-bond acceptors (Lipinski definition) is 5. The molecule has 1 saturated heterocycles. The molecule has 36 heavy (non-hydrogen) atoms. The number of aliphatic hydroxyl groups excluding tert-OH is 1. The predicted molar refractivity (Wildman–Crippen MR) is 148 cm³/mol. The fraction of sp³-hybridized carbons (Fsp3) is 0.677. The van der Waals surface area contributed by atoms with Gasteiger partial charge in [-0.15, -0.1) is 0 Å². The second-order valence-corrected chi connectivity index (χ2v) is 10.6. The summed E-state index contributed by atoms with van der Waals surface area (Å²) in [6.07, 6.45) is 21.6. The van der Waals surface area contributed by atoms with Gasteiger partial charge in [-0.05, 0) is 58.3 Å². The number of rotatable bonds is 13. The monoisotopic (exact) mass is 502 g/mol. The summed E-state index contributed by atoms with van der Waals surface area (Å²) in [6.45, 7) is 14.1. The standard InChI is InChI=1S/C27H42O4.C4H8O/c1-19(15-21(3)17-23-7-5-6-13-29-23)8-11-26-27(31-26)18-25(28)22(4)9-10-24-16-20(2)12-14-30-24;1-3-4-5-2/h5-6,9-10,12,21-28H,1,7-8,11,13-18H2,2-4H3;3-4H,1-2H3/b10-9+;. The van der Waals surface area contributed by atoms with E-state index in [4.69, 9.17) is 14.2 Å². The van der Waals surface area contributed by atoms with Crippen molar-refractivity contribution in [2.75, 3.05) is 20.3 Å². The Morgan fingerprint density at radius 3 is 2.64 bits per heavy atom. The lowest BCUT2D eigenvalue weighted by Gasteiger charge is -2.23. The first-order valence-electron chi connectivity index (χ1n) is 13.7. The maximum Gasteiger partial charge on any atom is 0.0866 e. The summed E-state index contributed by atoms with van der Waals surface area (Å²) in [5.41, 5.74) is 2.68. The number of aliphatic hydroxyl groups is 1. The van der Waals surface area contributed by atoms with Crippen LogP contribution in [0.5, 0.6) is 0 Å². The molecule has 0 spiro atoms. The van der Waals surface area contributed by atoms with Gasteiger partial charge in [0.15, 0.2) is 0 Å². The second kappa shape index (κ2) is 17.0. The zero-order valence-electron chi connectivity index (χ0n) is 23.2. The summed E-state index contributed by atoms with van der Waals surface area (Å²) in [5.74, 6) is 0.703. The van der Waals surface area contributed by atoms with E-state index < -0.39 is 0 Å². The van der Waals surface area contributed by atoms with Gasteiger partial charge in [0.2, 0.25) is 0 Å². The van der Waals surface area contributed by atoms with Crippen molar-refractivity contribution < 1.29 is 24.1 Å². The van der Waals surface area contributed by atoms with E-state index in [0.29, 0.717) is 25.0 Å². The highest BCUT2D eigenvalue weighted by atomic mass is 16.6. The first kappa shape index (κ1) is 30.6. The first-order valence-corrected chi connectivity index (χ1v) is 13.7. The third kappa shape index (κ3) is 12.5. The smallest absolute Gasteiger partial charge is 0.0866 e. The zero-order valence-corrected chi connectivity index (χ0v) is 23.2. The lowest BCUT2D eigenvalue weighted by molar-refractivity contribution is 0.0509. The molecule has 0 aromatic rings. The molecule has 5 nitrogen and oxygen atoms in total. The highest BCUT2D eigenvalue weighted by molar-refractivity contribution is 5.09. The molecule has 7 unspecified atom stereocenters. The van der Waals surface area contributed by atoms with Gasteiger partial charge in [0.25, 0.3) is 0 Å². The van der Waals surface area contributed by atoms with Crippen LogP contribution < -0.4 is 0 Å². The summed E-state index contributed by atoms with van der Waals surface area (Å²) >= 11 is 0. The molecule has 0 saturated carbocycles. The molecule has 204 valence electrons. The van der Waals surface area contributed by atoms with E-state index >= 15 is 0 Å². The Balaban J connectivity index is 0.000000830. The van der Waals surface area contributed by atoms with Gasteiger partial charge in [0.05, 0.1) is 57.1 Å². The molecule has 1 N–H and O–H groups in total. The number of methoxy groups -OCH3 is 1. The van der Waals surface area contributed by atoms with Crippen LogP contribution in [0.1, 0.15) is 72.6 Å². The fourth-order valence-corrected chi connectivity index (χ4v) is 4.77. The Hall–Kier alpha value is -1.66. The van der Waals surface area contributed by atoms with Crippen molar-refractivity contribution in [1.29, 1.82) is 0 Å². The van der Waals surface area contributed by atoms with Gasteiger partial charge < -0.3 is 24.1 Å². The second-order valence-electron chi connectivity index (χ2n) is 10.6. The largest absolute Gasteiger partial charge is 0.505 e. The third-order valence-electron chi connectivity index (χ3n) is 7.01. The minimum Gasteiger partial charge on any atom is -0.505 e. The van der Waals surface area contributed by atoms with Gasteiger partial charge >= 0.3 is 0 Å². The van der Waals surface area contributed by atoms with Crippen molar-refractivity contribution in [3.8, 4) is 0 Å². The third-order valence-corrected chi connectivity index (χ3v) is 7.01. The van der Waals surface area contributed by atoms with Crippen LogP contribution >= 0.6 is 0 Å². The van der Waals surface area contributed by atoms with Crippen LogP contribution in [0.4, 0.5) is 0 Å². The topological polar surface area (TPSA) is 60.5 Å². The Bertz CT molecular complexity index is 752. The molecule has 5 heteroatoms. The normalized spacial score (nSPS) is 28.2. The van der Waals surface area contributed by atoms with Crippen LogP contribution in [0.15, 0.2) is 60.4 Å². The van der Waals surface area contributed by atoms with Crippen LogP contribution in [-0.4, -0.2) is 55.9 Å². The van der Waals surface area contributed by atoms with E-state index in [1.54, 1.807) is 13.4 Å². The molecule has 3 heterocycles. The maximum absolute atomic E-state index is 10.6. The average Bonchev–Trinajstić information content (AvgIpc) is 3.60. The summed E-state index contributed by atoms with van der Waals surface area (Å²) in [5, 5.41) is 10.6. The molecule has 0 aliphatic carbocycles. The Morgan fingerprint density at radius 1 is 1.19 bits per heavy atom. The Morgan fingerprint density at radius 2 is 2.00 bits per heavy atom. The molecule has 3 aliphatic heterocycles. The van der Waals surface area contributed by atoms with Crippen molar-refractivity contribution in [2.24, 2.45) is 11.8 Å². The molecule has 0 aromatic heterocycles. The zero-order chi connectivity index (χ0) is 26.3. The molecular formula is C31H50O5. The fourth-order valence-electron chi connectivity index (χ4n) is 4.77. The number of epoxide rings is 1. The van der Waals surface area contributed by atoms with Crippen LogP contribution in [-0.2, 0) is 18.9 Å². The van der Waals surface area contributed by atoms with Gasteiger partial charge in [0, 0.05) is 12.3 Å². The lowest BCUT2D eigenvalue weighted by atomic mass is 9.92. The van der Waals surface area contributed by atoms with Crippen molar-refractivity contribution in [3.63, 3.8) is 0 Å². The van der Waals surface area contributed by atoms with Crippen LogP contribution in [0.25, 0.3) is 0 Å². The predicted octanol–water partition coefficient (Wildman–Crippen LogP) is 6.70. The molecule has 1 fully saturated rings. The van der Waals surface area contributed by atoms with Gasteiger partial charge in [0.1, 0.15) is 0 Å². The van der Waals surface area contributed by atoms with Crippen molar-refractivity contribution >= 4 is 0 Å². The number of allylic oxidation sites excluding steroid dienone is 2. The molecule has 3 rings (SSSR count). The minimum atomic E-state index is -0.376. The molecular weight excluding hydrogens is 452 g/mol. The quantitative estimate of drug-likeness (QED) is 0.173. The van der Waals surface area contributed by atoms with Gasteiger partial charge in [-0.3, -0.25) is 0 Å². The highest BCUT2D eigenvalue weighted by Crippen LogP contribution is 2.34. The van der Waals surface area contributed by atoms with Gasteiger partial charge in [-0.2, -0.15) is 0 Å². The van der Waals surface area contributed by atoms with Gasteiger partial charge in [-0.1, -0.05) is 68.0 Å². The summed E-state index contributed by atoms with van der Waals surface area (Å²) in [6, 6.07) is 0. The number of hydrogen-bond donors (Lipinski definition) is 1. The van der Waals surface area contributed by atoms with Gasteiger partial charge in [-0.25, -0.2) is 0 Å². The minimum absolute atomic E-state index is 0.104. The molecule has 7 atom stereocenters. The maximum atomic E-state index is 10.6. The lowest BCUT2D eigenvalue weighted by Crippen LogP contribution is -2.20. The number of ether oxygens (including phenoxy) is 4. The van der Waals surface area contributed by atoms with E-state index in [2.05, 4.69) is 62.5 Å². The van der Waals surface area contributed by atoms with Crippen molar-refractivity contribution in [3.05, 3.63) is 60.4 Å². The van der Waals surface area contributed by atoms with Crippen LogP contribution in [0.2, 0.25) is 0 Å². The van der Waals surface area contributed by atoms with E-state index in [0.717, 1.165) is 45.1 Å². The van der Waals surface area contributed by atoms with Crippen LogP contribution in [0, 0.1) is 11.8 Å². The molecule has 0 radical (unpaired) electrons. The Labute approximate surface area is 219 Å². The summed E-state index contributed by atoms with van der Waals surface area (Å²) in [7, 11) is 1.62. The molecule has 3 aliphatic rings. The van der Waals surface area contributed by atoms with Crippen molar-refractivity contribution in [1.82, 2.24) is 0 Å². The van der Waals surface area contributed by atoms with Crippen molar-refractivity contribution in [2.45, 2.75) is 103 Å². The van der Waals surface area contributed by atoms with Crippen LogP contribution in [0.3, 0.4) is 0 Å². The summed E-state index contributed by atoms with van der Waals surface area (Å²) < 4.78 is 21.9. The molecule has 0 amide bonds. The van der Waals surface area contributed by atoms with E-state index in [1.165, 1.54) is 11.1 Å². The van der Waals surface area contributed by atoms with E-state index in [1.807, 2.05) is 13.0 Å². The SMILES string of the molecule is C=C(CCC1OC1CC(O)C(C)/C=C/C1CC(C)=CCO1)CC(C)CC1CC=CCO1.CC=COC. The molecule has 0 bridgehead atoms. The Kier molecular flexibility index (Phi) is 14.4. The first-order chi connectivity index (χ1) is 17.3. The average molecular weight is 503 g/mol. The molecule has 0 aromatic carbocycles. The van der Waals surface area contributed by atoms with E-state index in [9.17, 15) is 5.11 Å². The van der Waals surface area contributed by atoms with E-state index in [-0.39, 0.29) is 30.3 Å². The highest BCUT2D eigenvalue weighted by Gasteiger charge is 2.40.